The Bertz CT molecular complexity index is 1400. The van der Waals surface area contributed by atoms with Crippen LogP contribution < -0.4 is 24.8 Å². The standard InChI is InChI=1S/C25H26N6O4S/c1-3-34-20-12-13-21(35-4-2)22(15-20)36(32,33)31-19-10-8-18(9-11-19)29-24-16-25(28-17-27-24)30-23-7-5-6-14-26-23/h5-17,31H,3-4H2,1-2H3,(H2,26,27,28,29,30). The minimum absolute atomic E-state index is 0.00595. The van der Waals surface area contributed by atoms with Crippen LogP contribution in [0.4, 0.5) is 28.8 Å². The summed E-state index contributed by atoms with van der Waals surface area (Å²) < 4.78 is 39.8. The molecule has 0 unspecified atom stereocenters. The fraction of sp³-hybridized carbons (Fsp3) is 0.160. The highest BCUT2D eigenvalue weighted by Crippen LogP contribution is 2.30. The Balaban J connectivity index is 1.47. The maximum atomic E-state index is 13.1. The lowest BCUT2D eigenvalue weighted by molar-refractivity contribution is 0.322. The van der Waals surface area contributed by atoms with Crippen molar-refractivity contribution in [2.75, 3.05) is 28.6 Å². The Morgan fingerprint density at radius 2 is 1.47 bits per heavy atom. The van der Waals surface area contributed by atoms with Gasteiger partial charge in [0.25, 0.3) is 10.0 Å². The molecule has 2 heterocycles. The Morgan fingerprint density at radius 1 is 0.750 bits per heavy atom. The quantitative estimate of drug-likeness (QED) is 0.259. The predicted molar refractivity (Wildman–Crippen MR) is 139 cm³/mol. The Morgan fingerprint density at radius 3 is 2.17 bits per heavy atom. The fourth-order valence-electron chi connectivity index (χ4n) is 3.27. The van der Waals surface area contributed by atoms with Gasteiger partial charge in [0.1, 0.15) is 40.2 Å². The van der Waals surface area contributed by atoms with Gasteiger partial charge in [-0.2, -0.15) is 0 Å². The van der Waals surface area contributed by atoms with Crippen molar-refractivity contribution in [2.24, 2.45) is 0 Å². The molecule has 186 valence electrons. The molecule has 10 nitrogen and oxygen atoms in total. The molecule has 2 aromatic carbocycles. The molecule has 36 heavy (non-hydrogen) atoms. The summed E-state index contributed by atoms with van der Waals surface area (Å²) >= 11 is 0. The van der Waals surface area contributed by atoms with Crippen LogP contribution in [0.3, 0.4) is 0 Å². The second kappa shape index (κ2) is 11.4. The number of ether oxygens (including phenoxy) is 2. The van der Waals surface area contributed by atoms with Crippen LogP contribution in [-0.2, 0) is 10.0 Å². The molecule has 4 rings (SSSR count). The van der Waals surface area contributed by atoms with Gasteiger partial charge in [-0.3, -0.25) is 4.72 Å². The van der Waals surface area contributed by atoms with E-state index in [4.69, 9.17) is 9.47 Å². The average molecular weight is 507 g/mol. The molecule has 0 radical (unpaired) electrons. The number of benzene rings is 2. The molecule has 4 aromatic rings. The molecule has 0 aliphatic carbocycles. The molecule has 2 aromatic heterocycles. The van der Waals surface area contributed by atoms with Crippen molar-refractivity contribution in [3.63, 3.8) is 0 Å². The van der Waals surface area contributed by atoms with Gasteiger partial charge in [-0.1, -0.05) is 6.07 Å². The molecule has 0 fully saturated rings. The number of rotatable bonds is 11. The van der Waals surface area contributed by atoms with Gasteiger partial charge in [0.2, 0.25) is 0 Å². The highest BCUT2D eigenvalue weighted by molar-refractivity contribution is 7.92. The van der Waals surface area contributed by atoms with E-state index in [9.17, 15) is 8.42 Å². The molecule has 0 bridgehead atoms. The minimum atomic E-state index is -3.92. The Hall–Kier alpha value is -4.38. The van der Waals surface area contributed by atoms with Gasteiger partial charge in [0.05, 0.1) is 13.2 Å². The van der Waals surface area contributed by atoms with Gasteiger partial charge in [0, 0.05) is 29.7 Å². The molecule has 0 aliphatic rings. The molecule has 11 heteroatoms. The SMILES string of the molecule is CCOc1ccc(OCC)c(S(=O)(=O)Nc2ccc(Nc3cc(Nc4ccccn4)ncn3)cc2)c1. The lowest BCUT2D eigenvalue weighted by Gasteiger charge is -2.14. The number of anilines is 5. The topological polar surface area (TPSA) is 127 Å². The summed E-state index contributed by atoms with van der Waals surface area (Å²) in [5, 5.41) is 6.28. The maximum absolute atomic E-state index is 13.1. The number of nitrogens with zero attached hydrogens (tertiary/aromatic N) is 3. The zero-order valence-corrected chi connectivity index (χ0v) is 20.6. The predicted octanol–water partition coefficient (Wildman–Crippen LogP) is 4.96. The normalized spacial score (nSPS) is 10.9. The monoisotopic (exact) mass is 506 g/mol. The van der Waals surface area contributed by atoms with Crippen molar-refractivity contribution < 1.29 is 17.9 Å². The highest BCUT2D eigenvalue weighted by atomic mass is 32.2. The van der Waals surface area contributed by atoms with Gasteiger partial charge in [-0.15, -0.1) is 0 Å². The van der Waals surface area contributed by atoms with Crippen LogP contribution in [0.2, 0.25) is 0 Å². The molecule has 0 saturated heterocycles. The van der Waals surface area contributed by atoms with Gasteiger partial charge in [-0.05, 0) is 62.4 Å². The third kappa shape index (κ3) is 6.39. The van der Waals surface area contributed by atoms with Gasteiger partial charge in [-0.25, -0.2) is 23.4 Å². The molecule has 0 saturated carbocycles. The van der Waals surface area contributed by atoms with E-state index in [1.54, 1.807) is 55.6 Å². The average Bonchev–Trinajstić information content (AvgIpc) is 2.87. The van der Waals surface area contributed by atoms with Gasteiger partial charge < -0.3 is 20.1 Å². The molecular weight excluding hydrogens is 480 g/mol. The third-order valence-corrected chi connectivity index (χ3v) is 6.22. The highest BCUT2D eigenvalue weighted by Gasteiger charge is 2.21. The van der Waals surface area contributed by atoms with Crippen LogP contribution in [-0.4, -0.2) is 36.6 Å². The lowest BCUT2D eigenvalue weighted by atomic mass is 10.3. The van der Waals surface area contributed by atoms with E-state index in [1.807, 2.05) is 25.1 Å². The summed E-state index contributed by atoms with van der Waals surface area (Å²) in [7, 11) is -3.92. The molecule has 0 spiro atoms. The van der Waals surface area contributed by atoms with Crippen molar-refractivity contribution in [2.45, 2.75) is 18.7 Å². The number of hydrogen-bond donors (Lipinski definition) is 3. The van der Waals surface area contributed by atoms with E-state index in [1.165, 1.54) is 12.4 Å². The third-order valence-electron chi connectivity index (χ3n) is 4.81. The van der Waals surface area contributed by atoms with Crippen LogP contribution in [0.25, 0.3) is 0 Å². The number of sulfonamides is 1. The van der Waals surface area contributed by atoms with Crippen molar-refractivity contribution in [3.8, 4) is 11.5 Å². The second-order valence-electron chi connectivity index (χ2n) is 7.41. The van der Waals surface area contributed by atoms with E-state index in [-0.39, 0.29) is 10.6 Å². The Kier molecular flexibility index (Phi) is 7.81. The fourth-order valence-corrected chi connectivity index (χ4v) is 4.49. The van der Waals surface area contributed by atoms with E-state index >= 15 is 0 Å². The summed E-state index contributed by atoms with van der Waals surface area (Å²) in [6.45, 7) is 4.38. The number of aromatic nitrogens is 3. The molecular formula is C25H26N6O4S. The van der Waals surface area contributed by atoms with Crippen LogP contribution in [0, 0.1) is 0 Å². The first-order valence-corrected chi connectivity index (χ1v) is 12.7. The molecule has 0 atom stereocenters. The zero-order valence-electron chi connectivity index (χ0n) is 19.8. The van der Waals surface area contributed by atoms with Crippen molar-refractivity contribution in [3.05, 3.63) is 79.3 Å². The number of pyridine rings is 1. The summed E-state index contributed by atoms with van der Waals surface area (Å²) in [4.78, 5) is 12.6. The lowest BCUT2D eigenvalue weighted by Crippen LogP contribution is -2.15. The maximum Gasteiger partial charge on any atom is 0.265 e. The van der Waals surface area contributed by atoms with Crippen LogP contribution in [0.15, 0.2) is 84.1 Å². The first kappa shape index (κ1) is 24.7. The number of nitrogens with one attached hydrogen (secondary N) is 3. The number of hydrogen-bond acceptors (Lipinski definition) is 9. The molecule has 0 aliphatic heterocycles. The van der Waals surface area contributed by atoms with Crippen molar-refractivity contribution in [1.82, 2.24) is 15.0 Å². The van der Waals surface area contributed by atoms with Crippen LogP contribution in [0.1, 0.15) is 13.8 Å². The van der Waals surface area contributed by atoms with Gasteiger partial charge >= 0.3 is 0 Å². The largest absolute Gasteiger partial charge is 0.494 e. The molecule has 3 N–H and O–H groups in total. The van der Waals surface area contributed by atoms with Crippen LogP contribution >= 0.6 is 0 Å². The van der Waals surface area contributed by atoms with Crippen LogP contribution in [0.5, 0.6) is 11.5 Å². The summed E-state index contributed by atoms with van der Waals surface area (Å²) in [5.74, 6) is 2.51. The second-order valence-corrected chi connectivity index (χ2v) is 9.06. The van der Waals surface area contributed by atoms with E-state index in [0.717, 1.165) is 0 Å². The minimum Gasteiger partial charge on any atom is -0.494 e. The summed E-state index contributed by atoms with van der Waals surface area (Å²) in [6.07, 6.45) is 3.12. The van der Waals surface area contributed by atoms with Crippen molar-refractivity contribution >= 4 is 38.9 Å². The first-order valence-electron chi connectivity index (χ1n) is 11.3. The van der Waals surface area contributed by atoms with Gasteiger partial charge in [0.15, 0.2) is 0 Å². The van der Waals surface area contributed by atoms with E-state index in [0.29, 0.717) is 47.8 Å². The van der Waals surface area contributed by atoms with Crippen molar-refractivity contribution in [1.29, 1.82) is 0 Å². The molecule has 0 amide bonds. The summed E-state index contributed by atoms with van der Waals surface area (Å²) in [6, 6.07) is 18.8. The first-order chi connectivity index (χ1) is 17.5. The van der Waals surface area contributed by atoms with E-state index < -0.39 is 10.0 Å². The smallest absolute Gasteiger partial charge is 0.265 e. The summed E-state index contributed by atoms with van der Waals surface area (Å²) in [5.41, 5.74) is 1.11. The zero-order chi connectivity index (χ0) is 25.4. The van der Waals surface area contributed by atoms with E-state index in [2.05, 4.69) is 30.3 Å². The Labute approximate surface area is 209 Å².